The number of anilines is 1. The van der Waals surface area contributed by atoms with Crippen LogP contribution < -0.4 is 15.6 Å². The molecule has 3 aliphatic rings. The molecule has 3 aromatic rings. The van der Waals surface area contributed by atoms with Gasteiger partial charge in [-0.3, -0.25) is 14.5 Å². The molecular formula is C24H22N7O7S3+. The number of hydrogen-bond acceptors (Lipinski definition) is 12. The van der Waals surface area contributed by atoms with Crippen LogP contribution in [-0.2, 0) is 30.6 Å². The van der Waals surface area contributed by atoms with E-state index in [1.54, 1.807) is 5.51 Å². The van der Waals surface area contributed by atoms with Crippen molar-refractivity contribution < 1.29 is 38.8 Å². The van der Waals surface area contributed by atoms with Crippen molar-refractivity contribution >= 4 is 79.2 Å². The lowest BCUT2D eigenvalue weighted by atomic mass is 9.80. The van der Waals surface area contributed by atoms with E-state index < -0.39 is 40.8 Å². The zero-order valence-corrected chi connectivity index (χ0v) is 23.5. The predicted molar refractivity (Wildman–Crippen MR) is 148 cm³/mol. The smallest absolute Gasteiger partial charge is 0.352 e. The molecule has 212 valence electrons. The molecule has 2 amide bonds. The average Bonchev–Trinajstić information content (AvgIpc) is 3.56. The first-order valence-corrected chi connectivity index (χ1v) is 15.1. The van der Waals surface area contributed by atoms with E-state index in [0.717, 1.165) is 21.6 Å². The number of aliphatic carboxylic acids is 2. The second kappa shape index (κ2) is 10.4. The fourth-order valence-electron chi connectivity index (χ4n) is 4.76. The Bertz CT molecular complexity index is 1660. The predicted octanol–water partition coefficient (Wildman–Crippen LogP) is 0.789. The molecule has 2 atom stereocenters. The normalized spacial score (nSPS) is 21.6. The van der Waals surface area contributed by atoms with Gasteiger partial charge < -0.3 is 26.1 Å². The molecule has 5 N–H and O–H groups in total. The van der Waals surface area contributed by atoms with E-state index in [-0.39, 0.29) is 41.6 Å². The van der Waals surface area contributed by atoms with Crippen molar-refractivity contribution in [1.82, 2.24) is 20.2 Å². The zero-order valence-electron chi connectivity index (χ0n) is 21.1. The van der Waals surface area contributed by atoms with Crippen molar-refractivity contribution in [2.24, 2.45) is 5.16 Å². The van der Waals surface area contributed by atoms with Gasteiger partial charge in [0.25, 0.3) is 11.8 Å². The van der Waals surface area contributed by atoms with Gasteiger partial charge in [-0.1, -0.05) is 5.16 Å². The van der Waals surface area contributed by atoms with E-state index in [9.17, 15) is 29.4 Å². The van der Waals surface area contributed by atoms with Gasteiger partial charge in [0.15, 0.2) is 29.8 Å². The first-order valence-electron chi connectivity index (χ1n) is 12.3. The lowest BCUT2D eigenvalue weighted by Gasteiger charge is -2.49. The van der Waals surface area contributed by atoms with Crippen LogP contribution in [-0.4, -0.2) is 77.3 Å². The maximum atomic E-state index is 13.3. The van der Waals surface area contributed by atoms with Crippen LogP contribution >= 0.6 is 34.4 Å². The number of rotatable bonds is 9. The molecule has 6 rings (SSSR count). The number of β-lactam (4-membered cyclic amide) rings is 1. The first-order chi connectivity index (χ1) is 19.7. The van der Waals surface area contributed by atoms with Crippen molar-refractivity contribution in [3.63, 3.8) is 0 Å². The van der Waals surface area contributed by atoms with E-state index in [4.69, 9.17) is 10.6 Å². The Morgan fingerprint density at radius 1 is 1.29 bits per heavy atom. The number of hydrogen-bond donors (Lipinski definition) is 4. The fraction of sp³-hybridized carbons (Fsp3) is 0.333. The third-order valence-electron chi connectivity index (χ3n) is 7.08. The number of carbonyl (C=O) groups is 4. The lowest BCUT2D eigenvalue weighted by Crippen LogP contribution is -2.71. The summed E-state index contributed by atoms with van der Waals surface area (Å²) in [6.07, 6.45) is 4.76. The number of amides is 2. The highest BCUT2D eigenvalue weighted by Crippen LogP contribution is 2.41. The molecule has 0 spiro atoms. The second-order valence-corrected chi connectivity index (χ2v) is 12.5. The van der Waals surface area contributed by atoms with Crippen LogP contribution in [0.1, 0.15) is 25.0 Å². The summed E-state index contributed by atoms with van der Waals surface area (Å²) in [5.74, 6) is -3.54. The number of fused-ring (bicyclic) bond motifs is 2. The van der Waals surface area contributed by atoms with Crippen molar-refractivity contribution in [3.8, 4) is 0 Å². The molecule has 3 aromatic heterocycles. The topological polar surface area (TPSA) is 201 Å². The average molecular weight is 617 g/mol. The number of carboxylic acid groups (broad SMARTS) is 2. The lowest BCUT2D eigenvalue weighted by molar-refractivity contribution is -0.687. The molecule has 0 aromatic carbocycles. The van der Waals surface area contributed by atoms with Crippen LogP contribution in [0.25, 0.3) is 10.2 Å². The molecule has 5 heterocycles. The van der Waals surface area contributed by atoms with Gasteiger partial charge in [0.2, 0.25) is 5.60 Å². The maximum Gasteiger partial charge on any atom is 0.352 e. The Balaban J connectivity index is 1.22. The van der Waals surface area contributed by atoms with E-state index >= 15 is 0 Å². The van der Waals surface area contributed by atoms with Gasteiger partial charge in [-0.25, -0.2) is 19.6 Å². The van der Waals surface area contributed by atoms with Crippen LogP contribution in [0, 0.1) is 0 Å². The first kappa shape index (κ1) is 27.1. The summed E-state index contributed by atoms with van der Waals surface area (Å²) in [5, 5.41) is 27.0. The van der Waals surface area contributed by atoms with Crippen LogP contribution in [0.2, 0.25) is 0 Å². The summed E-state index contributed by atoms with van der Waals surface area (Å²) in [7, 11) is 0. The monoisotopic (exact) mass is 616 g/mol. The number of thioether (sulfide) groups is 1. The van der Waals surface area contributed by atoms with Gasteiger partial charge in [-0.15, -0.1) is 34.4 Å². The summed E-state index contributed by atoms with van der Waals surface area (Å²) in [5.41, 5.74) is 6.86. The Hall–Kier alpha value is -4.09. The number of pyridine rings is 1. The molecular weight excluding hydrogens is 595 g/mol. The highest BCUT2D eigenvalue weighted by molar-refractivity contribution is 8.00. The molecule has 17 heteroatoms. The SMILES string of the molecule is Nc1nc(/C(=N/OC2(C(=O)O)CCC2)C(=O)NC2C(=O)N3C(C(=O)O)=C(C[n+]4ccc5scnc5c4)CS[C@@H]23)cs1. The van der Waals surface area contributed by atoms with Gasteiger partial charge in [0.05, 0.1) is 10.2 Å². The molecule has 14 nitrogen and oxygen atoms in total. The van der Waals surface area contributed by atoms with Gasteiger partial charge in [-0.05, 0) is 6.42 Å². The third-order valence-corrected chi connectivity index (χ3v) is 9.91. The van der Waals surface area contributed by atoms with Crippen LogP contribution in [0.4, 0.5) is 5.13 Å². The van der Waals surface area contributed by atoms with E-state index in [1.807, 2.05) is 23.0 Å². The van der Waals surface area contributed by atoms with Crippen LogP contribution in [0.15, 0.2) is 45.8 Å². The molecule has 1 aliphatic carbocycles. The quantitative estimate of drug-likeness (QED) is 0.115. The van der Waals surface area contributed by atoms with E-state index in [2.05, 4.69) is 20.4 Å². The Morgan fingerprint density at radius 3 is 2.76 bits per heavy atom. The van der Waals surface area contributed by atoms with Crippen molar-refractivity contribution in [3.05, 3.63) is 46.3 Å². The van der Waals surface area contributed by atoms with Crippen molar-refractivity contribution in [2.75, 3.05) is 11.5 Å². The van der Waals surface area contributed by atoms with Crippen molar-refractivity contribution in [2.45, 2.75) is 42.8 Å². The number of nitrogens with one attached hydrogen (secondary N) is 1. The minimum Gasteiger partial charge on any atom is -0.478 e. The fourth-order valence-corrected chi connectivity index (χ4v) is 7.29. The number of nitrogens with zero attached hydrogens (tertiary/aromatic N) is 5. The summed E-state index contributed by atoms with van der Waals surface area (Å²) in [6.45, 7) is 0.250. The summed E-state index contributed by atoms with van der Waals surface area (Å²) in [4.78, 5) is 65.4. The largest absolute Gasteiger partial charge is 0.478 e. The number of nitrogen functional groups attached to an aromatic ring is 1. The summed E-state index contributed by atoms with van der Waals surface area (Å²) in [6, 6.07) is 0.857. The molecule has 1 saturated carbocycles. The number of carboxylic acids is 2. The Labute approximate surface area is 243 Å². The maximum absolute atomic E-state index is 13.3. The molecule has 41 heavy (non-hydrogen) atoms. The minimum atomic E-state index is -1.53. The zero-order chi connectivity index (χ0) is 28.9. The number of oxime groups is 1. The second-order valence-electron chi connectivity index (χ2n) is 9.59. The minimum absolute atomic E-state index is 0.0623. The Morgan fingerprint density at radius 2 is 2.10 bits per heavy atom. The van der Waals surface area contributed by atoms with Crippen LogP contribution in [0.3, 0.4) is 0 Å². The van der Waals surface area contributed by atoms with E-state index in [1.165, 1.54) is 33.4 Å². The van der Waals surface area contributed by atoms with Gasteiger partial charge >= 0.3 is 11.9 Å². The molecule has 0 bridgehead atoms. The van der Waals surface area contributed by atoms with Crippen LogP contribution in [0.5, 0.6) is 0 Å². The van der Waals surface area contributed by atoms with Gasteiger partial charge in [-0.2, -0.15) is 4.57 Å². The molecule has 2 aliphatic heterocycles. The van der Waals surface area contributed by atoms with Crippen molar-refractivity contribution in [1.29, 1.82) is 0 Å². The highest BCUT2D eigenvalue weighted by atomic mass is 32.2. The highest BCUT2D eigenvalue weighted by Gasteiger charge is 2.55. The third kappa shape index (κ3) is 4.78. The number of nitrogens with two attached hydrogens (primary N) is 1. The van der Waals surface area contributed by atoms with Gasteiger partial charge in [0, 0.05) is 35.6 Å². The number of aromatic nitrogens is 3. The summed E-state index contributed by atoms with van der Waals surface area (Å²) >= 11 is 3.88. The molecule has 1 unspecified atom stereocenters. The number of carbonyl (C=O) groups excluding carboxylic acids is 2. The molecule has 2 fully saturated rings. The molecule has 1 saturated heterocycles. The summed E-state index contributed by atoms with van der Waals surface area (Å²) < 4.78 is 2.82. The van der Waals surface area contributed by atoms with Gasteiger partial charge in [0.1, 0.15) is 28.3 Å². The van der Waals surface area contributed by atoms with E-state index in [0.29, 0.717) is 17.7 Å². The standard InChI is InChI=1S/C24H21N7O7S3/c25-23-27-13(9-40-23)15(29-38-24(22(36)37)3-1-4-24)18(32)28-16-19(33)31-17(21(34)35)11(8-39-20(16)31)6-30-5-2-14-12(7-30)26-10-41-14/h2,5,7,9-10,16,20H,1,3-4,6,8H2,(H4-,25,27,28,32,34,35,36,37)/p+1/b29-15-/t16?,20-/m0/s1. The number of thiazole rings is 2. The molecule has 0 radical (unpaired) electrons. The Kier molecular flexibility index (Phi) is 6.87.